The summed E-state index contributed by atoms with van der Waals surface area (Å²) in [6.45, 7) is 9.66. The summed E-state index contributed by atoms with van der Waals surface area (Å²) in [4.78, 5) is 2.65. The first-order valence-corrected chi connectivity index (χ1v) is 7.92. The van der Waals surface area contributed by atoms with Crippen molar-refractivity contribution in [1.29, 1.82) is 0 Å². The van der Waals surface area contributed by atoms with E-state index in [-0.39, 0.29) is 0 Å². The summed E-state index contributed by atoms with van der Waals surface area (Å²) in [6.07, 6.45) is 9.58. The molecule has 1 N–H and O–H groups in total. The highest BCUT2D eigenvalue weighted by atomic mass is 15.2. The Hall–Kier alpha value is -0.0800. The molecule has 0 aromatic carbocycles. The van der Waals surface area contributed by atoms with Gasteiger partial charge in [0.25, 0.3) is 0 Å². The van der Waals surface area contributed by atoms with Gasteiger partial charge < -0.3 is 10.2 Å². The predicted octanol–water partition coefficient (Wildman–Crippen LogP) is 3.42. The summed E-state index contributed by atoms with van der Waals surface area (Å²) in [5.41, 5.74) is 1.01. The third-order valence-corrected chi connectivity index (χ3v) is 5.49. The molecule has 2 fully saturated rings. The fraction of sp³-hybridized carbons (Fsp3) is 1.00. The molecule has 0 bridgehead atoms. The van der Waals surface area contributed by atoms with Crippen molar-refractivity contribution in [3.8, 4) is 0 Å². The number of hydrogen-bond acceptors (Lipinski definition) is 2. The number of likely N-dealkylation sites (N-methyl/N-ethyl adjacent to an activating group) is 1. The molecule has 2 rings (SSSR count). The predicted molar refractivity (Wildman–Crippen MR) is 78.9 cm³/mol. The quantitative estimate of drug-likeness (QED) is 0.825. The molecule has 1 heterocycles. The van der Waals surface area contributed by atoms with Crippen LogP contribution in [0.4, 0.5) is 0 Å². The molecule has 1 unspecified atom stereocenters. The third-order valence-electron chi connectivity index (χ3n) is 5.49. The Morgan fingerprint density at radius 2 is 1.83 bits per heavy atom. The molecule has 2 heteroatoms. The van der Waals surface area contributed by atoms with Crippen LogP contribution in [0, 0.1) is 5.41 Å². The van der Waals surface area contributed by atoms with Crippen LogP contribution < -0.4 is 5.32 Å². The highest BCUT2D eigenvalue weighted by Crippen LogP contribution is 2.37. The molecule has 1 saturated heterocycles. The minimum atomic E-state index is 0.418. The van der Waals surface area contributed by atoms with Crippen LogP contribution in [0.5, 0.6) is 0 Å². The molecule has 0 amide bonds. The van der Waals surface area contributed by atoms with Crippen molar-refractivity contribution in [2.75, 3.05) is 20.1 Å². The molecule has 0 aromatic heterocycles. The number of nitrogens with one attached hydrogen (secondary N) is 1. The van der Waals surface area contributed by atoms with Gasteiger partial charge in [-0.2, -0.15) is 0 Å². The monoisotopic (exact) mass is 252 g/mol. The number of hydrogen-bond donors (Lipinski definition) is 1. The van der Waals surface area contributed by atoms with Gasteiger partial charge in [-0.3, -0.25) is 0 Å². The lowest BCUT2D eigenvalue weighted by molar-refractivity contribution is 0.101. The maximum absolute atomic E-state index is 3.76. The summed E-state index contributed by atoms with van der Waals surface area (Å²) < 4.78 is 0. The van der Waals surface area contributed by atoms with Crippen molar-refractivity contribution in [1.82, 2.24) is 10.2 Å². The van der Waals surface area contributed by atoms with E-state index in [0.29, 0.717) is 11.0 Å². The van der Waals surface area contributed by atoms with E-state index in [2.05, 4.69) is 38.0 Å². The molecule has 106 valence electrons. The van der Waals surface area contributed by atoms with Gasteiger partial charge in [-0.25, -0.2) is 0 Å². The van der Waals surface area contributed by atoms with E-state index in [1.807, 2.05) is 0 Å². The molecule has 1 aliphatic carbocycles. The maximum Gasteiger partial charge on any atom is 0.0306 e. The number of nitrogens with zero attached hydrogens (tertiary/aromatic N) is 1. The topological polar surface area (TPSA) is 15.3 Å². The van der Waals surface area contributed by atoms with Gasteiger partial charge in [0.05, 0.1) is 0 Å². The zero-order valence-corrected chi connectivity index (χ0v) is 12.9. The standard InChI is InChI=1S/C16H32N2/c1-5-16(9-6-12-17-16)13-18(4)14-7-10-15(2,3)11-8-14/h14,17H,5-13H2,1-4H3. The van der Waals surface area contributed by atoms with Crippen molar-refractivity contribution < 1.29 is 0 Å². The maximum atomic E-state index is 3.76. The number of rotatable bonds is 4. The van der Waals surface area contributed by atoms with E-state index in [1.165, 1.54) is 58.0 Å². The normalized spacial score (nSPS) is 33.2. The average Bonchev–Trinajstić information content (AvgIpc) is 2.78. The molecule has 2 nitrogen and oxygen atoms in total. The Labute approximate surface area is 114 Å². The van der Waals surface area contributed by atoms with E-state index in [0.717, 1.165) is 6.04 Å². The van der Waals surface area contributed by atoms with Crippen molar-refractivity contribution in [3.05, 3.63) is 0 Å². The summed E-state index contributed by atoms with van der Waals surface area (Å²) in [6, 6.07) is 0.823. The molecule has 18 heavy (non-hydrogen) atoms. The van der Waals surface area contributed by atoms with Crippen LogP contribution in [0.2, 0.25) is 0 Å². The van der Waals surface area contributed by atoms with Crippen LogP contribution in [0.1, 0.15) is 65.7 Å². The Morgan fingerprint density at radius 1 is 1.17 bits per heavy atom. The van der Waals surface area contributed by atoms with Gasteiger partial charge in [-0.15, -0.1) is 0 Å². The lowest BCUT2D eigenvalue weighted by atomic mass is 9.75. The van der Waals surface area contributed by atoms with Gasteiger partial charge in [-0.05, 0) is 64.0 Å². The molecular weight excluding hydrogens is 220 g/mol. The zero-order chi connectivity index (χ0) is 13.2. The van der Waals surface area contributed by atoms with E-state index in [9.17, 15) is 0 Å². The van der Waals surface area contributed by atoms with Crippen LogP contribution >= 0.6 is 0 Å². The van der Waals surface area contributed by atoms with Crippen LogP contribution in [-0.4, -0.2) is 36.6 Å². The average molecular weight is 252 g/mol. The largest absolute Gasteiger partial charge is 0.310 e. The third kappa shape index (κ3) is 3.27. The van der Waals surface area contributed by atoms with Gasteiger partial charge in [0.1, 0.15) is 0 Å². The van der Waals surface area contributed by atoms with Crippen molar-refractivity contribution >= 4 is 0 Å². The van der Waals surface area contributed by atoms with Crippen LogP contribution in [0.3, 0.4) is 0 Å². The van der Waals surface area contributed by atoms with Gasteiger partial charge in [0.2, 0.25) is 0 Å². The Kier molecular flexibility index (Phi) is 4.38. The summed E-state index contributed by atoms with van der Waals surface area (Å²) in [5.74, 6) is 0. The summed E-state index contributed by atoms with van der Waals surface area (Å²) >= 11 is 0. The van der Waals surface area contributed by atoms with Crippen molar-refractivity contribution in [3.63, 3.8) is 0 Å². The SMILES string of the molecule is CCC1(CN(C)C2CCC(C)(C)CC2)CCCN1. The lowest BCUT2D eigenvalue weighted by Crippen LogP contribution is -2.51. The summed E-state index contributed by atoms with van der Waals surface area (Å²) in [5, 5.41) is 3.76. The first-order chi connectivity index (χ1) is 8.46. The second-order valence-electron chi connectivity index (χ2n) is 7.47. The second-order valence-corrected chi connectivity index (χ2v) is 7.47. The highest BCUT2D eigenvalue weighted by Gasteiger charge is 2.35. The first kappa shape index (κ1) is 14.3. The molecule has 1 aliphatic heterocycles. The van der Waals surface area contributed by atoms with Gasteiger partial charge >= 0.3 is 0 Å². The Bertz CT molecular complexity index is 256. The minimum absolute atomic E-state index is 0.418. The fourth-order valence-corrected chi connectivity index (χ4v) is 3.85. The highest BCUT2D eigenvalue weighted by molar-refractivity contribution is 4.95. The van der Waals surface area contributed by atoms with Gasteiger partial charge in [0, 0.05) is 18.1 Å². The molecule has 1 saturated carbocycles. The zero-order valence-electron chi connectivity index (χ0n) is 12.9. The molecule has 0 aromatic rings. The van der Waals surface area contributed by atoms with Crippen molar-refractivity contribution in [2.24, 2.45) is 5.41 Å². The Balaban J connectivity index is 1.86. The Morgan fingerprint density at radius 3 is 2.33 bits per heavy atom. The molecule has 1 atom stereocenters. The van der Waals surface area contributed by atoms with Crippen molar-refractivity contribution in [2.45, 2.75) is 77.3 Å². The fourth-order valence-electron chi connectivity index (χ4n) is 3.85. The smallest absolute Gasteiger partial charge is 0.0306 e. The van der Waals surface area contributed by atoms with Crippen LogP contribution in [0.25, 0.3) is 0 Å². The molecule has 0 spiro atoms. The summed E-state index contributed by atoms with van der Waals surface area (Å²) in [7, 11) is 2.35. The van der Waals surface area contributed by atoms with E-state index < -0.39 is 0 Å². The van der Waals surface area contributed by atoms with E-state index in [4.69, 9.17) is 0 Å². The minimum Gasteiger partial charge on any atom is -0.310 e. The molecule has 2 aliphatic rings. The first-order valence-electron chi connectivity index (χ1n) is 7.92. The van der Waals surface area contributed by atoms with Gasteiger partial charge in [-0.1, -0.05) is 20.8 Å². The van der Waals surface area contributed by atoms with Gasteiger partial charge in [0.15, 0.2) is 0 Å². The molecule has 0 radical (unpaired) electrons. The van der Waals surface area contributed by atoms with E-state index >= 15 is 0 Å². The van der Waals surface area contributed by atoms with Crippen LogP contribution in [-0.2, 0) is 0 Å². The lowest BCUT2D eigenvalue weighted by Gasteiger charge is -2.42. The van der Waals surface area contributed by atoms with E-state index in [1.54, 1.807) is 0 Å². The second kappa shape index (κ2) is 5.50. The van der Waals surface area contributed by atoms with Crippen LogP contribution in [0.15, 0.2) is 0 Å². The molecular formula is C16H32N2.